The van der Waals surface area contributed by atoms with Crippen LogP contribution in [0.15, 0.2) is 72.2 Å². The van der Waals surface area contributed by atoms with E-state index in [-0.39, 0.29) is 22.4 Å². The number of ether oxygens (including phenoxy) is 1. The van der Waals surface area contributed by atoms with Crippen LogP contribution in [-0.4, -0.2) is 45.6 Å². The lowest BCUT2D eigenvalue weighted by Gasteiger charge is -2.27. The van der Waals surface area contributed by atoms with Gasteiger partial charge < -0.3 is 24.1 Å². The van der Waals surface area contributed by atoms with Crippen LogP contribution >= 0.6 is 0 Å². The number of hydrogen-bond acceptors (Lipinski definition) is 5. The van der Waals surface area contributed by atoms with E-state index < -0.39 is 17.2 Å². The molecule has 3 heterocycles. The molecule has 0 atom stereocenters. The molecular formula is C28H24FN5O3. The minimum absolute atomic E-state index is 0.0373. The number of fused-ring (bicyclic) bond motifs is 4. The predicted octanol–water partition coefficient (Wildman–Crippen LogP) is 4.79. The molecule has 1 amide bonds. The van der Waals surface area contributed by atoms with Gasteiger partial charge in [-0.3, -0.25) is 9.59 Å². The van der Waals surface area contributed by atoms with E-state index in [0.29, 0.717) is 30.0 Å². The summed E-state index contributed by atoms with van der Waals surface area (Å²) in [5, 5.41) is 5.11. The number of pyridine rings is 1. The Balaban J connectivity index is 1.56. The van der Waals surface area contributed by atoms with Gasteiger partial charge in [0.25, 0.3) is 5.91 Å². The van der Waals surface area contributed by atoms with Gasteiger partial charge in [0.1, 0.15) is 16.8 Å². The molecule has 0 saturated heterocycles. The molecule has 8 nitrogen and oxygen atoms in total. The molecule has 0 bridgehead atoms. The standard InChI is InChI=1S/C28H24FN5O3/c1-32(2)28(36)20-15-34-24-18-7-4-3-6-17(18)8-9-22(24)37-27-23(21(29)14-19(25(27)34)26(20)35)31-10-5-12-33-13-11-30-16-33/h3-4,6-9,11,13-16,31H,5,10,12H2,1-2H3. The van der Waals surface area contributed by atoms with Crippen LogP contribution < -0.4 is 15.5 Å². The number of imidazole rings is 1. The second-order valence-corrected chi connectivity index (χ2v) is 9.22. The predicted molar refractivity (Wildman–Crippen MR) is 140 cm³/mol. The van der Waals surface area contributed by atoms with Crippen LogP contribution in [0.3, 0.4) is 0 Å². The van der Waals surface area contributed by atoms with Crippen LogP contribution in [0, 0.1) is 5.82 Å². The van der Waals surface area contributed by atoms with Gasteiger partial charge in [-0.05, 0) is 23.9 Å². The first-order chi connectivity index (χ1) is 17.9. The summed E-state index contributed by atoms with van der Waals surface area (Å²) in [5.41, 5.74) is 0.717. The summed E-state index contributed by atoms with van der Waals surface area (Å²) in [6, 6.07) is 12.8. The fraction of sp³-hybridized carbons (Fsp3) is 0.179. The van der Waals surface area contributed by atoms with Gasteiger partial charge in [-0.15, -0.1) is 0 Å². The SMILES string of the molecule is CN(C)C(=O)c1cn2c3c(c(NCCCn4ccnc4)c(F)cc3c1=O)Oc1ccc3ccccc3c1-2. The van der Waals surface area contributed by atoms with E-state index in [0.717, 1.165) is 17.2 Å². The average molecular weight is 498 g/mol. The summed E-state index contributed by atoms with van der Waals surface area (Å²) in [6.07, 6.45) is 7.58. The second-order valence-electron chi connectivity index (χ2n) is 9.22. The maximum atomic E-state index is 15.5. The lowest BCUT2D eigenvalue weighted by Crippen LogP contribution is -2.29. The van der Waals surface area contributed by atoms with Crippen molar-refractivity contribution in [3.05, 3.63) is 89.0 Å². The van der Waals surface area contributed by atoms with Crippen LogP contribution in [-0.2, 0) is 6.54 Å². The summed E-state index contributed by atoms with van der Waals surface area (Å²) < 4.78 is 25.6. The van der Waals surface area contributed by atoms with Crippen LogP contribution in [0.2, 0.25) is 0 Å². The zero-order valence-corrected chi connectivity index (χ0v) is 20.4. The van der Waals surface area contributed by atoms with E-state index in [1.165, 1.54) is 11.0 Å². The molecule has 2 aromatic heterocycles. The Bertz CT molecular complexity index is 1740. The van der Waals surface area contributed by atoms with Gasteiger partial charge in [-0.1, -0.05) is 30.3 Å². The number of benzene rings is 3. The quantitative estimate of drug-likeness (QED) is 0.335. The van der Waals surface area contributed by atoms with Crippen molar-refractivity contribution in [3.8, 4) is 17.2 Å². The van der Waals surface area contributed by atoms with Crippen LogP contribution in [0.25, 0.3) is 27.4 Å². The molecule has 0 unspecified atom stereocenters. The minimum atomic E-state index is -0.618. The number of nitrogens with one attached hydrogen (secondary N) is 1. The number of amides is 1. The van der Waals surface area contributed by atoms with Crippen LogP contribution in [0.5, 0.6) is 11.5 Å². The van der Waals surface area contributed by atoms with Gasteiger partial charge in [-0.2, -0.15) is 0 Å². The van der Waals surface area contributed by atoms with Gasteiger partial charge in [0.05, 0.1) is 17.4 Å². The van der Waals surface area contributed by atoms with Crippen LogP contribution in [0.1, 0.15) is 16.8 Å². The molecule has 5 aromatic rings. The third-order valence-corrected chi connectivity index (χ3v) is 6.60. The molecule has 9 heteroatoms. The molecule has 1 aliphatic rings. The number of nitrogens with zero attached hydrogens (tertiary/aromatic N) is 4. The number of aryl methyl sites for hydroxylation is 1. The molecule has 0 fully saturated rings. The molecule has 186 valence electrons. The first-order valence-electron chi connectivity index (χ1n) is 12.0. The Labute approximate surface area is 211 Å². The number of halogens is 1. The minimum Gasteiger partial charge on any atom is -0.451 e. The number of hydrogen-bond donors (Lipinski definition) is 1. The van der Waals surface area contributed by atoms with E-state index in [9.17, 15) is 9.59 Å². The van der Waals surface area contributed by atoms with Crippen molar-refractivity contribution in [2.45, 2.75) is 13.0 Å². The Kier molecular flexibility index (Phi) is 5.40. The molecule has 0 radical (unpaired) electrons. The summed E-state index contributed by atoms with van der Waals surface area (Å²) in [4.78, 5) is 31.8. The molecular weight excluding hydrogens is 473 g/mol. The van der Waals surface area contributed by atoms with Gasteiger partial charge in [0, 0.05) is 51.2 Å². The monoisotopic (exact) mass is 497 g/mol. The van der Waals surface area contributed by atoms with Gasteiger partial charge >= 0.3 is 0 Å². The topological polar surface area (TPSA) is 81.4 Å². The molecule has 0 spiro atoms. The highest BCUT2D eigenvalue weighted by molar-refractivity contribution is 6.03. The summed E-state index contributed by atoms with van der Waals surface area (Å²) in [6.45, 7) is 1.19. The van der Waals surface area contributed by atoms with Crippen molar-refractivity contribution in [2.24, 2.45) is 0 Å². The first-order valence-corrected chi connectivity index (χ1v) is 12.0. The Hall–Kier alpha value is -4.66. The smallest absolute Gasteiger partial charge is 0.258 e. The van der Waals surface area contributed by atoms with Crippen molar-refractivity contribution in [2.75, 3.05) is 26.0 Å². The highest BCUT2D eigenvalue weighted by atomic mass is 19.1. The lowest BCUT2D eigenvalue weighted by molar-refractivity contribution is 0.0826. The van der Waals surface area contributed by atoms with Crippen molar-refractivity contribution in [1.29, 1.82) is 0 Å². The van der Waals surface area contributed by atoms with Gasteiger partial charge in [-0.25, -0.2) is 9.37 Å². The maximum absolute atomic E-state index is 15.5. The number of carbonyl (C=O) groups is 1. The normalized spacial score (nSPS) is 11.9. The molecule has 1 N–H and O–H groups in total. The summed E-state index contributed by atoms with van der Waals surface area (Å²) in [5.74, 6) is -0.340. The Morgan fingerprint density at radius 2 is 2.00 bits per heavy atom. The zero-order chi connectivity index (χ0) is 25.7. The zero-order valence-electron chi connectivity index (χ0n) is 20.4. The molecule has 0 saturated carbocycles. The van der Waals surface area contributed by atoms with E-state index in [2.05, 4.69) is 10.3 Å². The van der Waals surface area contributed by atoms with Crippen molar-refractivity contribution < 1.29 is 13.9 Å². The first kappa shape index (κ1) is 22.8. The third kappa shape index (κ3) is 3.70. The average Bonchev–Trinajstić information content (AvgIpc) is 3.42. The Morgan fingerprint density at radius 1 is 1.16 bits per heavy atom. The molecule has 1 aliphatic heterocycles. The lowest BCUT2D eigenvalue weighted by atomic mass is 10.0. The van der Waals surface area contributed by atoms with Gasteiger partial charge in [0.15, 0.2) is 17.3 Å². The Morgan fingerprint density at radius 3 is 2.78 bits per heavy atom. The third-order valence-electron chi connectivity index (χ3n) is 6.60. The number of rotatable bonds is 6. The van der Waals surface area contributed by atoms with E-state index in [1.54, 1.807) is 37.4 Å². The maximum Gasteiger partial charge on any atom is 0.258 e. The van der Waals surface area contributed by atoms with E-state index >= 15 is 4.39 Å². The molecule has 0 aliphatic carbocycles. The fourth-order valence-electron chi connectivity index (χ4n) is 4.83. The number of anilines is 1. The fourth-order valence-corrected chi connectivity index (χ4v) is 4.83. The number of carbonyl (C=O) groups excluding carboxylic acids is 1. The summed E-state index contributed by atoms with van der Waals surface area (Å²) in [7, 11) is 3.16. The van der Waals surface area contributed by atoms with Gasteiger partial charge in [0.2, 0.25) is 5.43 Å². The number of aromatic nitrogens is 3. The molecule has 6 rings (SSSR count). The highest BCUT2D eigenvalue weighted by Crippen LogP contribution is 2.47. The van der Waals surface area contributed by atoms with E-state index in [1.807, 2.05) is 47.2 Å². The van der Waals surface area contributed by atoms with Crippen molar-refractivity contribution in [3.63, 3.8) is 0 Å². The molecule has 37 heavy (non-hydrogen) atoms. The highest BCUT2D eigenvalue weighted by Gasteiger charge is 2.29. The van der Waals surface area contributed by atoms with Crippen molar-refractivity contribution >= 4 is 33.3 Å². The van der Waals surface area contributed by atoms with E-state index in [4.69, 9.17) is 4.74 Å². The molecule has 3 aromatic carbocycles. The second kappa shape index (κ2) is 8.77. The largest absolute Gasteiger partial charge is 0.451 e. The van der Waals surface area contributed by atoms with Crippen molar-refractivity contribution in [1.82, 2.24) is 19.0 Å². The van der Waals surface area contributed by atoms with Crippen LogP contribution in [0.4, 0.5) is 10.1 Å². The summed E-state index contributed by atoms with van der Waals surface area (Å²) >= 11 is 0.